The molecule has 0 unspecified atom stereocenters. The third-order valence-electron chi connectivity index (χ3n) is 5.00. The fraction of sp³-hybridized carbons (Fsp3) is 0.500. The molecule has 0 aliphatic carbocycles. The molecule has 1 fully saturated rings. The zero-order valence-electron chi connectivity index (χ0n) is 16.1. The number of benzene rings is 1. The number of nitrogens with zero attached hydrogens (tertiary/aromatic N) is 3. The molecule has 0 saturated carbocycles. The quantitative estimate of drug-likeness (QED) is 0.708. The highest BCUT2D eigenvalue weighted by Gasteiger charge is 2.42. The van der Waals surface area contributed by atoms with Crippen LogP contribution in [0.25, 0.3) is 5.57 Å². The fourth-order valence-electron chi connectivity index (χ4n) is 3.66. The minimum Gasteiger partial charge on any atom is -0.395 e. The van der Waals surface area contributed by atoms with Crippen molar-refractivity contribution in [3.63, 3.8) is 0 Å². The molecule has 8 heteroatoms. The van der Waals surface area contributed by atoms with Crippen molar-refractivity contribution in [2.45, 2.75) is 13.8 Å². The van der Waals surface area contributed by atoms with E-state index in [2.05, 4.69) is 4.90 Å². The lowest BCUT2D eigenvalue weighted by atomic mass is 10.0. The molecule has 2 heterocycles. The van der Waals surface area contributed by atoms with Crippen LogP contribution in [-0.2, 0) is 9.59 Å². The van der Waals surface area contributed by atoms with Crippen molar-refractivity contribution in [2.24, 2.45) is 5.92 Å². The maximum absolute atomic E-state index is 13.2. The molecule has 1 saturated heterocycles. The van der Waals surface area contributed by atoms with Crippen molar-refractivity contribution in [3.8, 4) is 0 Å². The van der Waals surface area contributed by atoms with Gasteiger partial charge in [-0.2, -0.15) is 0 Å². The average molecular weight is 426 g/mol. The Labute approximate surface area is 175 Å². The average Bonchev–Trinajstić information content (AvgIpc) is 2.87. The number of imide groups is 1. The summed E-state index contributed by atoms with van der Waals surface area (Å²) in [6.45, 7) is 7.68. The second kappa shape index (κ2) is 8.82. The van der Waals surface area contributed by atoms with Gasteiger partial charge >= 0.3 is 0 Å². The van der Waals surface area contributed by atoms with E-state index in [0.717, 1.165) is 13.1 Å². The number of aliphatic hydroxyl groups is 1. The van der Waals surface area contributed by atoms with E-state index in [4.69, 9.17) is 28.3 Å². The lowest BCUT2D eigenvalue weighted by molar-refractivity contribution is -0.138. The second-order valence-corrected chi connectivity index (χ2v) is 8.36. The van der Waals surface area contributed by atoms with E-state index in [9.17, 15) is 9.59 Å². The van der Waals surface area contributed by atoms with Gasteiger partial charge in [-0.1, -0.05) is 43.1 Å². The van der Waals surface area contributed by atoms with Crippen LogP contribution >= 0.6 is 23.2 Å². The molecule has 3 rings (SSSR count). The number of rotatable bonds is 6. The summed E-state index contributed by atoms with van der Waals surface area (Å²) in [5, 5.41) is 9.97. The molecular formula is C20H25Cl2N3O3. The summed E-state index contributed by atoms with van der Waals surface area (Å²) in [6.07, 6.45) is 0. The molecular weight excluding hydrogens is 401 g/mol. The van der Waals surface area contributed by atoms with Crippen LogP contribution in [0.4, 0.5) is 0 Å². The van der Waals surface area contributed by atoms with E-state index in [0.29, 0.717) is 53.1 Å². The Kier molecular flexibility index (Phi) is 6.65. The third-order valence-corrected chi connectivity index (χ3v) is 5.54. The van der Waals surface area contributed by atoms with Crippen LogP contribution in [0.1, 0.15) is 19.4 Å². The number of amides is 2. The van der Waals surface area contributed by atoms with E-state index >= 15 is 0 Å². The third kappa shape index (κ3) is 4.20. The van der Waals surface area contributed by atoms with Gasteiger partial charge in [0.05, 0.1) is 17.2 Å². The summed E-state index contributed by atoms with van der Waals surface area (Å²) >= 11 is 12.4. The zero-order valence-corrected chi connectivity index (χ0v) is 17.6. The highest BCUT2D eigenvalue weighted by molar-refractivity contribution is 6.41. The summed E-state index contributed by atoms with van der Waals surface area (Å²) in [6, 6.07) is 4.96. The smallest absolute Gasteiger partial charge is 0.277 e. The van der Waals surface area contributed by atoms with Gasteiger partial charge in [0.15, 0.2) is 0 Å². The minimum atomic E-state index is -0.310. The monoisotopic (exact) mass is 425 g/mol. The Morgan fingerprint density at radius 2 is 1.75 bits per heavy atom. The lowest BCUT2D eigenvalue weighted by Crippen LogP contribution is -2.48. The molecule has 28 heavy (non-hydrogen) atoms. The largest absolute Gasteiger partial charge is 0.395 e. The topological polar surface area (TPSA) is 64.1 Å². The van der Waals surface area contributed by atoms with Crippen LogP contribution < -0.4 is 0 Å². The van der Waals surface area contributed by atoms with E-state index in [1.54, 1.807) is 18.2 Å². The van der Waals surface area contributed by atoms with Crippen molar-refractivity contribution < 1.29 is 14.7 Å². The van der Waals surface area contributed by atoms with Crippen LogP contribution in [-0.4, -0.2) is 77.5 Å². The van der Waals surface area contributed by atoms with Gasteiger partial charge in [-0.15, -0.1) is 0 Å². The van der Waals surface area contributed by atoms with Gasteiger partial charge in [0.2, 0.25) is 0 Å². The SMILES string of the molecule is CC(C)CN1C(=O)C(c2ccc(Cl)cc2Cl)=C(N2CCN(CCO)CC2)C1=O. The summed E-state index contributed by atoms with van der Waals surface area (Å²) in [5.74, 6) is -0.415. The van der Waals surface area contributed by atoms with Gasteiger partial charge in [-0.25, -0.2) is 0 Å². The number of piperazine rings is 1. The van der Waals surface area contributed by atoms with Crippen molar-refractivity contribution in [3.05, 3.63) is 39.5 Å². The van der Waals surface area contributed by atoms with Crippen molar-refractivity contribution in [1.29, 1.82) is 0 Å². The molecule has 2 aliphatic heterocycles. The van der Waals surface area contributed by atoms with Crippen LogP contribution in [0, 0.1) is 5.92 Å². The predicted molar refractivity (Wildman–Crippen MR) is 110 cm³/mol. The summed E-state index contributed by atoms with van der Waals surface area (Å²) in [7, 11) is 0. The Morgan fingerprint density at radius 3 is 2.32 bits per heavy atom. The number of carbonyl (C=O) groups is 2. The molecule has 0 spiro atoms. The first-order valence-electron chi connectivity index (χ1n) is 9.47. The zero-order chi connectivity index (χ0) is 20.4. The Hall–Kier alpha value is -1.60. The van der Waals surface area contributed by atoms with Gasteiger partial charge < -0.3 is 10.0 Å². The van der Waals surface area contributed by atoms with Crippen molar-refractivity contribution >= 4 is 40.6 Å². The molecule has 0 atom stereocenters. The highest BCUT2D eigenvalue weighted by Crippen LogP contribution is 2.36. The van der Waals surface area contributed by atoms with E-state index in [1.165, 1.54) is 4.90 Å². The number of carbonyl (C=O) groups excluding carboxylic acids is 2. The maximum atomic E-state index is 13.2. The molecule has 1 N–H and O–H groups in total. The Bertz CT molecular complexity index is 802. The Balaban J connectivity index is 2.00. The number of aliphatic hydroxyl groups excluding tert-OH is 1. The minimum absolute atomic E-state index is 0.105. The first-order valence-corrected chi connectivity index (χ1v) is 10.2. The highest BCUT2D eigenvalue weighted by atomic mass is 35.5. The maximum Gasteiger partial charge on any atom is 0.277 e. The molecule has 6 nitrogen and oxygen atoms in total. The summed E-state index contributed by atoms with van der Waals surface area (Å²) in [4.78, 5) is 31.8. The van der Waals surface area contributed by atoms with Gasteiger partial charge in [-0.3, -0.25) is 19.4 Å². The van der Waals surface area contributed by atoms with Crippen molar-refractivity contribution in [1.82, 2.24) is 14.7 Å². The molecule has 0 aromatic heterocycles. The lowest BCUT2D eigenvalue weighted by Gasteiger charge is -2.36. The first kappa shape index (κ1) is 21.1. The molecule has 0 radical (unpaired) electrons. The van der Waals surface area contributed by atoms with Gasteiger partial charge in [0, 0.05) is 49.9 Å². The number of hydrogen-bond donors (Lipinski definition) is 1. The number of hydrogen-bond acceptors (Lipinski definition) is 5. The molecule has 152 valence electrons. The van der Waals surface area contributed by atoms with Crippen molar-refractivity contribution in [2.75, 3.05) is 45.9 Å². The van der Waals surface area contributed by atoms with E-state index in [1.807, 2.05) is 18.7 Å². The van der Waals surface area contributed by atoms with Gasteiger partial charge in [-0.05, 0) is 18.1 Å². The van der Waals surface area contributed by atoms with Crippen LogP contribution in [0.15, 0.2) is 23.9 Å². The number of halogens is 2. The second-order valence-electron chi connectivity index (χ2n) is 7.51. The predicted octanol–water partition coefficient (Wildman–Crippen LogP) is 2.34. The molecule has 2 aliphatic rings. The summed E-state index contributed by atoms with van der Waals surface area (Å²) in [5.41, 5.74) is 1.30. The fourth-order valence-corrected chi connectivity index (χ4v) is 4.16. The van der Waals surface area contributed by atoms with E-state index < -0.39 is 0 Å². The Morgan fingerprint density at radius 1 is 1.07 bits per heavy atom. The van der Waals surface area contributed by atoms with Crippen LogP contribution in [0.2, 0.25) is 10.0 Å². The molecule has 2 amide bonds. The molecule has 0 bridgehead atoms. The van der Waals surface area contributed by atoms with Gasteiger partial charge in [0.1, 0.15) is 5.70 Å². The van der Waals surface area contributed by atoms with Crippen LogP contribution in [0.5, 0.6) is 0 Å². The normalized spacial score (nSPS) is 18.8. The van der Waals surface area contributed by atoms with Crippen LogP contribution in [0.3, 0.4) is 0 Å². The van der Waals surface area contributed by atoms with E-state index in [-0.39, 0.29) is 24.3 Å². The summed E-state index contributed by atoms with van der Waals surface area (Å²) < 4.78 is 0. The van der Waals surface area contributed by atoms with Gasteiger partial charge in [0.25, 0.3) is 11.8 Å². The molecule has 1 aromatic carbocycles. The molecule has 1 aromatic rings. The number of β-amino-alcohol motifs (C(OH)–C–C–N with tert-alkyl or cyclic N) is 1. The first-order chi connectivity index (χ1) is 13.3. The standard InChI is InChI=1S/C20H25Cl2N3O3/c1-13(2)12-25-19(27)17(15-4-3-14(21)11-16(15)22)18(20(25)28)24-7-5-23(6-8-24)9-10-26/h3-4,11,13,26H,5-10,12H2,1-2H3.